The van der Waals surface area contributed by atoms with Crippen molar-refractivity contribution in [3.63, 3.8) is 0 Å². The first-order valence-electron chi connectivity index (χ1n) is 7.26. The van der Waals surface area contributed by atoms with Gasteiger partial charge in [0.1, 0.15) is 5.75 Å². The van der Waals surface area contributed by atoms with E-state index in [9.17, 15) is 5.11 Å². The number of hydrogen-bond donors (Lipinski definition) is 2. The minimum Gasteiger partial charge on any atom is -0.494 e. The Morgan fingerprint density at radius 3 is 2.79 bits per heavy atom. The monoisotopic (exact) mass is 263 g/mol. The zero-order valence-corrected chi connectivity index (χ0v) is 12.2. The van der Waals surface area contributed by atoms with Crippen LogP contribution in [0.3, 0.4) is 0 Å². The molecule has 3 heteroatoms. The van der Waals surface area contributed by atoms with Gasteiger partial charge in [-0.05, 0) is 69.0 Å². The molecule has 0 saturated carbocycles. The molecule has 106 valence electrons. The number of rotatable bonds is 4. The molecule has 1 fully saturated rings. The van der Waals surface area contributed by atoms with E-state index in [0.29, 0.717) is 12.5 Å². The Balaban J connectivity index is 2.21. The van der Waals surface area contributed by atoms with Crippen LogP contribution in [0.25, 0.3) is 0 Å². The quantitative estimate of drug-likeness (QED) is 0.877. The van der Waals surface area contributed by atoms with E-state index in [1.807, 2.05) is 19.9 Å². The molecule has 2 rings (SSSR count). The van der Waals surface area contributed by atoms with Crippen molar-refractivity contribution < 1.29 is 9.84 Å². The van der Waals surface area contributed by atoms with Crippen LogP contribution in [0.1, 0.15) is 42.6 Å². The molecule has 1 heterocycles. The van der Waals surface area contributed by atoms with Crippen LogP contribution in [0.4, 0.5) is 0 Å². The van der Waals surface area contributed by atoms with Gasteiger partial charge in [0, 0.05) is 12.5 Å². The van der Waals surface area contributed by atoms with Crippen molar-refractivity contribution in [3.8, 4) is 5.75 Å². The zero-order chi connectivity index (χ0) is 13.8. The summed E-state index contributed by atoms with van der Waals surface area (Å²) in [5, 5.41) is 14.0. The number of piperidine rings is 1. The summed E-state index contributed by atoms with van der Waals surface area (Å²) < 4.78 is 5.60. The zero-order valence-electron chi connectivity index (χ0n) is 12.2. The molecule has 1 aliphatic heterocycles. The van der Waals surface area contributed by atoms with E-state index in [1.165, 1.54) is 0 Å². The van der Waals surface area contributed by atoms with Crippen molar-refractivity contribution in [2.75, 3.05) is 19.7 Å². The van der Waals surface area contributed by atoms with Crippen LogP contribution in [-0.2, 0) is 0 Å². The Bertz CT molecular complexity index is 425. The molecule has 0 bridgehead atoms. The molecule has 0 radical (unpaired) electrons. The van der Waals surface area contributed by atoms with E-state index in [4.69, 9.17) is 4.74 Å². The molecule has 0 aromatic heterocycles. The summed E-state index contributed by atoms with van der Waals surface area (Å²) in [4.78, 5) is 0. The summed E-state index contributed by atoms with van der Waals surface area (Å²) in [5.41, 5.74) is 3.27. The molecule has 1 saturated heterocycles. The predicted molar refractivity (Wildman–Crippen MR) is 77.6 cm³/mol. The van der Waals surface area contributed by atoms with Crippen LogP contribution >= 0.6 is 0 Å². The van der Waals surface area contributed by atoms with Crippen LogP contribution in [0, 0.1) is 19.8 Å². The van der Waals surface area contributed by atoms with E-state index < -0.39 is 0 Å². The minimum absolute atomic E-state index is 0.324. The summed E-state index contributed by atoms with van der Waals surface area (Å²) >= 11 is 0. The second-order valence-electron chi connectivity index (χ2n) is 5.46. The fourth-order valence-electron chi connectivity index (χ4n) is 2.84. The number of benzene rings is 1. The lowest BCUT2D eigenvalue weighted by Crippen LogP contribution is -2.33. The summed E-state index contributed by atoms with van der Waals surface area (Å²) in [6, 6.07) is 4.13. The summed E-state index contributed by atoms with van der Waals surface area (Å²) in [6.45, 7) is 8.74. The molecular weight excluding hydrogens is 238 g/mol. The molecule has 2 atom stereocenters. The molecule has 1 aromatic rings. The highest BCUT2D eigenvalue weighted by Crippen LogP contribution is 2.32. The summed E-state index contributed by atoms with van der Waals surface area (Å²) in [6.07, 6.45) is 1.87. The topological polar surface area (TPSA) is 41.5 Å². The van der Waals surface area contributed by atoms with Crippen molar-refractivity contribution in [2.24, 2.45) is 5.92 Å². The maximum atomic E-state index is 10.6. The number of aryl methyl sites for hydroxylation is 2. The second kappa shape index (κ2) is 6.40. The Kier molecular flexibility index (Phi) is 4.83. The molecule has 2 N–H and O–H groups in total. The first-order chi connectivity index (χ1) is 9.13. The number of ether oxygens (including phenoxy) is 1. The van der Waals surface area contributed by atoms with Gasteiger partial charge in [-0.25, -0.2) is 0 Å². The van der Waals surface area contributed by atoms with Gasteiger partial charge in [-0.2, -0.15) is 0 Å². The van der Waals surface area contributed by atoms with Crippen LogP contribution in [0.5, 0.6) is 5.75 Å². The van der Waals surface area contributed by atoms with Gasteiger partial charge in [0.05, 0.1) is 12.7 Å². The first-order valence-corrected chi connectivity index (χ1v) is 7.26. The van der Waals surface area contributed by atoms with Gasteiger partial charge < -0.3 is 15.2 Å². The van der Waals surface area contributed by atoms with E-state index in [0.717, 1.165) is 48.4 Å². The Morgan fingerprint density at radius 1 is 1.37 bits per heavy atom. The molecular formula is C16H25NO2. The van der Waals surface area contributed by atoms with E-state index in [2.05, 4.69) is 18.3 Å². The third kappa shape index (κ3) is 3.28. The molecule has 0 amide bonds. The third-order valence-corrected chi connectivity index (χ3v) is 3.96. The minimum atomic E-state index is -0.373. The van der Waals surface area contributed by atoms with Gasteiger partial charge in [0.2, 0.25) is 0 Å². The average molecular weight is 263 g/mol. The largest absolute Gasteiger partial charge is 0.494 e. The van der Waals surface area contributed by atoms with E-state index >= 15 is 0 Å². The lowest BCUT2D eigenvalue weighted by atomic mass is 9.87. The fourth-order valence-corrected chi connectivity index (χ4v) is 2.84. The van der Waals surface area contributed by atoms with Crippen molar-refractivity contribution in [1.82, 2.24) is 5.32 Å². The maximum absolute atomic E-state index is 10.6. The van der Waals surface area contributed by atoms with Crippen molar-refractivity contribution >= 4 is 0 Å². The normalized spacial score (nSPS) is 21.2. The highest BCUT2D eigenvalue weighted by Gasteiger charge is 2.24. The Hall–Kier alpha value is -1.06. The fraction of sp³-hybridized carbons (Fsp3) is 0.625. The van der Waals surface area contributed by atoms with Crippen molar-refractivity contribution in [3.05, 3.63) is 28.8 Å². The molecule has 1 aromatic carbocycles. The molecule has 19 heavy (non-hydrogen) atoms. The van der Waals surface area contributed by atoms with Crippen LogP contribution in [0.2, 0.25) is 0 Å². The number of aliphatic hydroxyl groups is 1. The van der Waals surface area contributed by atoms with Crippen molar-refractivity contribution in [2.45, 2.75) is 39.7 Å². The highest BCUT2D eigenvalue weighted by molar-refractivity contribution is 5.42. The molecule has 2 unspecified atom stereocenters. The molecule has 1 aliphatic rings. The van der Waals surface area contributed by atoms with Gasteiger partial charge in [-0.3, -0.25) is 0 Å². The van der Waals surface area contributed by atoms with Gasteiger partial charge in [-0.1, -0.05) is 0 Å². The summed E-state index contributed by atoms with van der Waals surface area (Å²) in [5.74, 6) is 1.25. The number of nitrogens with one attached hydrogen (secondary N) is 1. The molecule has 0 aliphatic carbocycles. The highest BCUT2D eigenvalue weighted by atomic mass is 16.5. The smallest absolute Gasteiger partial charge is 0.122 e. The standard InChI is InChI=1S/C16H25NO2/c1-4-19-15-9-11(2)14(8-12(15)3)16(18)13-6-5-7-17-10-13/h8-9,13,16-18H,4-7,10H2,1-3H3. The molecule has 0 spiro atoms. The van der Waals surface area contributed by atoms with Gasteiger partial charge in [0.15, 0.2) is 0 Å². The summed E-state index contributed by atoms with van der Waals surface area (Å²) in [7, 11) is 0. The van der Waals surface area contributed by atoms with E-state index in [1.54, 1.807) is 0 Å². The van der Waals surface area contributed by atoms with Gasteiger partial charge in [-0.15, -0.1) is 0 Å². The first kappa shape index (κ1) is 14.4. The lowest BCUT2D eigenvalue weighted by molar-refractivity contribution is 0.0915. The second-order valence-corrected chi connectivity index (χ2v) is 5.46. The number of hydrogen-bond acceptors (Lipinski definition) is 3. The van der Waals surface area contributed by atoms with Gasteiger partial charge >= 0.3 is 0 Å². The maximum Gasteiger partial charge on any atom is 0.122 e. The SMILES string of the molecule is CCOc1cc(C)c(C(O)C2CCCNC2)cc1C. The van der Waals surface area contributed by atoms with Crippen LogP contribution < -0.4 is 10.1 Å². The Labute approximate surface area is 116 Å². The third-order valence-electron chi connectivity index (χ3n) is 3.96. The predicted octanol–water partition coefficient (Wildman–Crippen LogP) is 2.74. The van der Waals surface area contributed by atoms with Crippen molar-refractivity contribution in [1.29, 1.82) is 0 Å². The number of aliphatic hydroxyl groups excluding tert-OH is 1. The van der Waals surface area contributed by atoms with Gasteiger partial charge in [0.25, 0.3) is 0 Å². The lowest BCUT2D eigenvalue weighted by Gasteiger charge is -2.29. The average Bonchev–Trinajstić information content (AvgIpc) is 2.43. The molecule has 3 nitrogen and oxygen atoms in total. The van der Waals surface area contributed by atoms with Crippen LogP contribution in [-0.4, -0.2) is 24.8 Å². The Morgan fingerprint density at radius 2 is 2.16 bits per heavy atom. The van der Waals surface area contributed by atoms with Crippen LogP contribution in [0.15, 0.2) is 12.1 Å². The van der Waals surface area contributed by atoms with E-state index in [-0.39, 0.29) is 6.10 Å².